The lowest BCUT2D eigenvalue weighted by Crippen LogP contribution is -2.22. The predicted octanol–water partition coefficient (Wildman–Crippen LogP) is 1.83. The van der Waals surface area contributed by atoms with Crippen LogP contribution in [0.5, 0.6) is 0 Å². The number of carbonyl (C=O) groups excluding carboxylic acids is 1. The monoisotopic (exact) mass is 307 g/mol. The average Bonchev–Trinajstić information content (AvgIpc) is 3.33. The van der Waals surface area contributed by atoms with E-state index >= 15 is 0 Å². The summed E-state index contributed by atoms with van der Waals surface area (Å²) in [5.41, 5.74) is 2.03. The molecule has 23 heavy (non-hydrogen) atoms. The van der Waals surface area contributed by atoms with Crippen molar-refractivity contribution in [2.75, 3.05) is 0 Å². The van der Waals surface area contributed by atoms with Crippen LogP contribution in [0, 0.1) is 5.92 Å². The fourth-order valence-corrected chi connectivity index (χ4v) is 2.93. The number of rotatable bonds is 4. The van der Waals surface area contributed by atoms with Crippen LogP contribution in [-0.4, -0.2) is 25.7 Å². The van der Waals surface area contributed by atoms with E-state index in [-0.39, 0.29) is 11.6 Å². The van der Waals surface area contributed by atoms with Crippen LogP contribution in [0.2, 0.25) is 0 Å². The second kappa shape index (κ2) is 5.15. The molecule has 1 saturated carbocycles. The van der Waals surface area contributed by atoms with Crippen molar-refractivity contribution in [3.63, 3.8) is 0 Å². The zero-order valence-corrected chi connectivity index (χ0v) is 12.6. The molecule has 116 valence electrons. The predicted molar refractivity (Wildman–Crippen MR) is 82.5 cm³/mol. The minimum Gasteiger partial charge on any atom is -0.545 e. The lowest BCUT2D eigenvalue weighted by Gasteiger charge is -2.13. The van der Waals surface area contributed by atoms with Gasteiger partial charge in [-0.25, -0.2) is 9.67 Å². The summed E-state index contributed by atoms with van der Waals surface area (Å²) in [6, 6.07) is 5.39. The van der Waals surface area contributed by atoms with Crippen LogP contribution in [-0.2, 0) is 0 Å². The number of fused-ring (bicyclic) bond motifs is 1. The molecule has 0 saturated heterocycles. The van der Waals surface area contributed by atoms with Crippen LogP contribution in [0.1, 0.15) is 36.2 Å². The summed E-state index contributed by atoms with van der Waals surface area (Å²) in [6.45, 7) is 2.10. The van der Waals surface area contributed by atoms with Gasteiger partial charge < -0.3 is 9.90 Å². The van der Waals surface area contributed by atoms with Gasteiger partial charge in [0.2, 0.25) is 0 Å². The van der Waals surface area contributed by atoms with Gasteiger partial charge in [0, 0.05) is 28.9 Å². The third-order valence-electron chi connectivity index (χ3n) is 4.43. The van der Waals surface area contributed by atoms with E-state index in [1.165, 1.54) is 18.9 Å². The Morgan fingerprint density at radius 1 is 1.39 bits per heavy atom. The molecule has 0 radical (unpaired) electrons. The SMILES string of the molecule is C[C@H](C1CC1)n1ncc2c(C(=O)[O-])cc(-c3cccnc3)nc21. The van der Waals surface area contributed by atoms with Gasteiger partial charge in [-0.05, 0) is 43.9 Å². The van der Waals surface area contributed by atoms with Crippen LogP contribution in [0.15, 0.2) is 36.8 Å². The number of pyridine rings is 2. The van der Waals surface area contributed by atoms with Crippen molar-refractivity contribution >= 4 is 17.0 Å². The molecule has 0 aromatic carbocycles. The summed E-state index contributed by atoms with van der Waals surface area (Å²) in [5.74, 6) is -0.630. The zero-order valence-electron chi connectivity index (χ0n) is 12.6. The lowest BCUT2D eigenvalue weighted by atomic mass is 10.1. The second-order valence-corrected chi connectivity index (χ2v) is 5.99. The van der Waals surface area contributed by atoms with E-state index in [2.05, 4.69) is 22.0 Å². The summed E-state index contributed by atoms with van der Waals surface area (Å²) in [4.78, 5) is 20.3. The standard InChI is InChI=1S/C17H16N4O2/c1-10(11-4-5-11)21-16-14(9-19-21)13(17(22)23)7-15(20-16)12-3-2-6-18-8-12/h2-3,6-11H,4-5H2,1H3,(H,22,23)/p-1/t10-/m1/s1. The van der Waals surface area contributed by atoms with E-state index in [1.54, 1.807) is 24.7 Å². The Morgan fingerprint density at radius 3 is 2.87 bits per heavy atom. The molecule has 3 aromatic heterocycles. The van der Waals surface area contributed by atoms with E-state index in [1.807, 2.05) is 10.7 Å². The second-order valence-electron chi connectivity index (χ2n) is 5.99. The van der Waals surface area contributed by atoms with Gasteiger partial charge in [0.1, 0.15) is 0 Å². The van der Waals surface area contributed by atoms with Gasteiger partial charge in [0.15, 0.2) is 5.65 Å². The molecule has 0 N–H and O–H groups in total. The van der Waals surface area contributed by atoms with Gasteiger partial charge in [-0.2, -0.15) is 5.10 Å². The number of hydrogen-bond acceptors (Lipinski definition) is 5. The molecule has 0 amide bonds. The van der Waals surface area contributed by atoms with Crippen molar-refractivity contribution in [2.24, 2.45) is 5.92 Å². The van der Waals surface area contributed by atoms with Crippen molar-refractivity contribution in [3.8, 4) is 11.3 Å². The highest BCUT2D eigenvalue weighted by molar-refractivity contribution is 6.01. The van der Waals surface area contributed by atoms with Gasteiger partial charge in [0.05, 0.1) is 23.9 Å². The van der Waals surface area contributed by atoms with Crippen molar-refractivity contribution in [1.29, 1.82) is 0 Å². The maximum atomic E-state index is 11.5. The van der Waals surface area contributed by atoms with Gasteiger partial charge in [0.25, 0.3) is 0 Å². The van der Waals surface area contributed by atoms with Crippen LogP contribution >= 0.6 is 0 Å². The molecule has 1 aliphatic carbocycles. The first-order valence-corrected chi connectivity index (χ1v) is 7.65. The van der Waals surface area contributed by atoms with Crippen molar-refractivity contribution in [3.05, 3.63) is 42.4 Å². The Balaban J connectivity index is 1.94. The van der Waals surface area contributed by atoms with E-state index in [0.717, 1.165) is 5.56 Å². The normalized spacial score (nSPS) is 15.7. The van der Waals surface area contributed by atoms with Crippen LogP contribution in [0.25, 0.3) is 22.3 Å². The van der Waals surface area contributed by atoms with Gasteiger partial charge in [-0.3, -0.25) is 4.98 Å². The Bertz CT molecular complexity index is 884. The Morgan fingerprint density at radius 2 is 2.22 bits per heavy atom. The van der Waals surface area contributed by atoms with Crippen molar-refractivity contribution in [1.82, 2.24) is 19.7 Å². The first-order chi connectivity index (χ1) is 11.1. The highest BCUT2D eigenvalue weighted by atomic mass is 16.4. The minimum absolute atomic E-state index is 0.114. The lowest BCUT2D eigenvalue weighted by molar-refractivity contribution is -0.254. The molecule has 6 nitrogen and oxygen atoms in total. The third-order valence-corrected chi connectivity index (χ3v) is 4.43. The highest BCUT2D eigenvalue weighted by Gasteiger charge is 2.31. The Kier molecular flexibility index (Phi) is 3.11. The minimum atomic E-state index is -1.22. The molecule has 1 atom stereocenters. The van der Waals surface area contributed by atoms with Crippen LogP contribution < -0.4 is 5.11 Å². The van der Waals surface area contributed by atoms with E-state index in [4.69, 9.17) is 0 Å². The fourth-order valence-electron chi connectivity index (χ4n) is 2.93. The largest absolute Gasteiger partial charge is 0.545 e. The maximum Gasteiger partial charge on any atom is 0.159 e. The topological polar surface area (TPSA) is 83.7 Å². The smallest absolute Gasteiger partial charge is 0.159 e. The first-order valence-electron chi connectivity index (χ1n) is 7.65. The maximum absolute atomic E-state index is 11.5. The highest BCUT2D eigenvalue weighted by Crippen LogP contribution is 2.40. The fraction of sp³-hybridized carbons (Fsp3) is 0.294. The molecule has 0 bridgehead atoms. The molecular weight excluding hydrogens is 292 g/mol. The summed E-state index contributed by atoms with van der Waals surface area (Å²) < 4.78 is 1.83. The number of nitrogens with zero attached hydrogens (tertiary/aromatic N) is 4. The van der Waals surface area contributed by atoms with Gasteiger partial charge in [-0.1, -0.05) is 0 Å². The third kappa shape index (κ3) is 2.36. The number of hydrogen-bond donors (Lipinski definition) is 0. The van der Waals surface area contributed by atoms with E-state index in [9.17, 15) is 9.90 Å². The molecular formula is C17H15N4O2-. The zero-order chi connectivity index (χ0) is 16.0. The number of carboxylic acids is 1. The molecule has 1 fully saturated rings. The number of aromatic nitrogens is 4. The van der Waals surface area contributed by atoms with Crippen molar-refractivity contribution in [2.45, 2.75) is 25.8 Å². The Labute approximate surface area is 132 Å². The summed E-state index contributed by atoms with van der Waals surface area (Å²) in [7, 11) is 0. The van der Waals surface area contributed by atoms with Crippen molar-refractivity contribution < 1.29 is 9.90 Å². The molecule has 6 heteroatoms. The quantitative estimate of drug-likeness (QED) is 0.734. The molecule has 4 rings (SSSR count). The molecule has 0 spiro atoms. The Hall–Kier alpha value is -2.76. The van der Waals surface area contributed by atoms with Crippen LogP contribution in [0.3, 0.4) is 0 Å². The number of carbonyl (C=O) groups is 1. The molecule has 1 aliphatic rings. The molecule has 0 unspecified atom stereocenters. The average molecular weight is 307 g/mol. The molecule has 0 aliphatic heterocycles. The molecule has 3 aromatic rings. The summed E-state index contributed by atoms with van der Waals surface area (Å²) in [6.07, 6.45) is 7.26. The molecule has 3 heterocycles. The summed E-state index contributed by atoms with van der Waals surface area (Å²) in [5, 5.41) is 16.4. The van der Waals surface area contributed by atoms with Gasteiger partial charge >= 0.3 is 0 Å². The van der Waals surface area contributed by atoms with Crippen LogP contribution in [0.4, 0.5) is 0 Å². The van der Waals surface area contributed by atoms with E-state index < -0.39 is 5.97 Å². The van der Waals surface area contributed by atoms with E-state index in [0.29, 0.717) is 22.6 Å². The van der Waals surface area contributed by atoms with Gasteiger partial charge in [-0.15, -0.1) is 0 Å². The number of aromatic carboxylic acids is 1. The first kappa shape index (κ1) is 13.9. The number of carboxylic acid groups (broad SMARTS) is 1. The summed E-state index contributed by atoms with van der Waals surface area (Å²) >= 11 is 0.